The Hall–Kier alpha value is -1.46. The van der Waals surface area contributed by atoms with Gasteiger partial charge in [-0.25, -0.2) is 9.59 Å². The van der Waals surface area contributed by atoms with Gasteiger partial charge in [0, 0.05) is 0 Å². The number of aromatic carboxylic acids is 2. The van der Waals surface area contributed by atoms with Crippen LogP contribution in [-0.4, -0.2) is 29.3 Å². The molecule has 0 heterocycles. The largest absolute Gasteiger partial charge is 0.496 e. The molecule has 1 rings (SSSR count). The summed E-state index contributed by atoms with van der Waals surface area (Å²) in [6, 6.07) is 3.66. The third kappa shape index (κ3) is 3.60. The first kappa shape index (κ1) is 17.0. The summed E-state index contributed by atoms with van der Waals surface area (Å²) in [5.74, 6) is -2.25. The molecule has 0 radical (unpaired) electrons. The topological polar surface area (TPSA) is 83.8 Å². The van der Waals surface area contributed by atoms with E-state index in [-0.39, 0.29) is 41.7 Å². The highest BCUT2D eigenvalue weighted by Gasteiger charge is 2.13. The van der Waals surface area contributed by atoms with Crippen molar-refractivity contribution in [1.29, 1.82) is 0 Å². The van der Waals surface area contributed by atoms with Gasteiger partial charge in [0.15, 0.2) is 0 Å². The van der Waals surface area contributed by atoms with Gasteiger partial charge in [-0.1, -0.05) is 0 Å². The summed E-state index contributed by atoms with van der Waals surface area (Å²) in [6.07, 6.45) is 0. The lowest BCUT2D eigenvalue weighted by atomic mass is 10.1. The van der Waals surface area contributed by atoms with Crippen LogP contribution in [0.1, 0.15) is 20.7 Å². The van der Waals surface area contributed by atoms with Crippen LogP contribution in [0.25, 0.3) is 0 Å². The molecule has 0 unspecified atom stereocenters. The van der Waals surface area contributed by atoms with Gasteiger partial charge >= 0.3 is 11.9 Å². The van der Waals surface area contributed by atoms with Gasteiger partial charge in [-0.05, 0) is 18.2 Å². The molecule has 0 aliphatic carbocycles. The molecule has 90 valence electrons. The van der Waals surface area contributed by atoms with Gasteiger partial charge in [-0.2, -0.15) is 0 Å². The maximum Gasteiger partial charge on any atom is 0.339 e. The minimum Gasteiger partial charge on any atom is -0.496 e. The van der Waals surface area contributed by atoms with E-state index < -0.39 is 11.9 Å². The molecule has 0 aliphatic heterocycles. The standard InChI is InChI=1S/C9H8O5.2ClH/c1-14-7-3-2-5(8(10)11)4-6(7)9(12)13;;/h2-4H,1H3,(H,10,11)(H,12,13);2*1H. The fraction of sp³-hybridized carbons (Fsp3) is 0.111. The van der Waals surface area contributed by atoms with E-state index in [1.165, 1.54) is 19.2 Å². The second-order valence-electron chi connectivity index (χ2n) is 2.53. The smallest absolute Gasteiger partial charge is 0.339 e. The Morgan fingerprint density at radius 3 is 2.06 bits per heavy atom. The monoisotopic (exact) mass is 268 g/mol. The van der Waals surface area contributed by atoms with Crippen LogP contribution in [0.5, 0.6) is 5.75 Å². The van der Waals surface area contributed by atoms with E-state index in [1.54, 1.807) is 0 Å². The quantitative estimate of drug-likeness (QED) is 0.875. The molecule has 0 aliphatic rings. The Kier molecular flexibility index (Phi) is 7.33. The highest BCUT2D eigenvalue weighted by atomic mass is 35.5. The van der Waals surface area contributed by atoms with Gasteiger partial charge in [0.05, 0.1) is 12.7 Å². The zero-order valence-corrected chi connectivity index (χ0v) is 9.80. The van der Waals surface area contributed by atoms with Gasteiger partial charge in [0.25, 0.3) is 0 Å². The van der Waals surface area contributed by atoms with E-state index in [1.807, 2.05) is 0 Å². The average molecular weight is 269 g/mol. The summed E-state index contributed by atoms with van der Waals surface area (Å²) in [5.41, 5.74) is -0.240. The zero-order chi connectivity index (χ0) is 10.7. The van der Waals surface area contributed by atoms with Crippen molar-refractivity contribution in [3.8, 4) is 5.75 Å². The highest BCUT2D eigenvalue weighted by Crippen LogP contribution is 2.19. The summed E-state index contributed by atoms with van der Waals surface area (Å²) >= 11 is 0. The highest BCUT2D eigenvalue weighted by molar-refractivity contribution is 5.95. The summed E-state index contributed by atoms with van der Waals surface area (Å²) < 4.78 is 4.77. The Balaban J connectivity index is 0. The van der Waals surface area contributed by atoms with E-state index in [0.29, 0.717) is 0 Å². The van der Waals surface area contributed by atoms with Crippen molar-refractivity contribution >= 4 is 36.8 Å². The molecule has 0 saturated heterocycles. The van der Waals surface area contributed by atoms with Crippen molar-refractivity contribution in [3.05, 3.63) is 29.3 Å². The minimum atomic E-state index is -1.22. The van der Waals surface area contributed by atoms with Crippen molar-refractivity contribution in [1.82, 2.24) is 0 Å². The molecule has 5 nitrogen and oxygen atoms in total. The Labute approximate surface area is 104 Å². The van der Waals surface area contributed by atoms with Gasteiger partial charge in [-0.15, -0.1) is 24.8 Å². The molecular weight excluding hydrogens is 259 g/mol. The summed E-state index contributed by atoms with van der Waals surface area (Å²) in [7, 11) is 1.32. The molecule has 0 bridgehead atoms. The van der Waals surface area contributed by atoms with Crippen molar-refractivity contribution in [2.24, 2.45) is 0 Å². The van der Waals surface area contributed by atoms with Gasteiger partial charge in [0.1, 0.15) is 11.3 Å². The molecule has 0 fully saturated rings. The number of rotatable bonds is 3. The van der Waals surface area contributed by atoms with Crippen LogP contribution in [0.15, 0.2) is 18.2 Å². The first-order valence-electron chi connectivity index (χ1n) is 3.71. The molecule has 0 atom stereocenters. The van der Waals surface area contributed by atoms with Gasteiger partial charge in [-0.3, -0.25) is 0 Å². The van der Waals surface area contributed by atoms with E-state index in [2.05, 4.69) is 0 Å². The molecule has 2 N–H and O–H groups in total. The third-order valence-corrected chi connectivity index (χ3v) is 1.68. The predicted octanol–water partition coefficient (Wildman–Crippen LogP) is 1.94. The van der Waals surface area contributed by atoms with E-state index in [9.17, 15) is 9.59 Å². The fourth-order valence-corrected chi connectivity index (χ4v) is 1.01. The fourth-order valence-electron chi connectivity index (χ4n) is 1.01. The first-order valence-corrected chi connectivity index (χ1v) is 3.71. The van der Waals surface area contributed by atoms with Gasteiger partial charge < -0.3 is 14.9 Å². The van der Waals surface area contributed by atoms with E-state index in [0.717, 1.165) is 6.07 Å². The summed E-state index contributed by atoms with van der Waals surface area (Å²) in [6.45, 7) is 0. The second-order valence-corrected chi connectivity index (χ2v) is 2.53. The van der Waals surface area contributed by atoms with Crippen LogP contribution in [0.4, 0.5) is 0 Å². The molecule has 0 aromatic heterocycles. The maximum atomic E-state index is 10.7. The zero-order valence-electron chi connectivity index (χ0n) is 8.17. The van der Waals surface area contributed by atoms with Crippen molar-refractivity contribution in [2.75, 3.05) is 7.11 Å². The lowest BCUT2D eigenvalue weighted by Gasteiger charge is -2.04. The van der Waals surface area contributed by atoms with Crippen molar-refractivity contribution < 1.29 is 24.5 Å². The van der Waals surface area contributed by atoms with Crippen molar-refractivity contribution in [2.45, 2.75) is 0 Å². The molecule has 16 heavy (non-hydrogen) atoms. The molecule has 0 spiro atoms. The van der Waals surface area contributed by atoms with Crippen LogP contribution < -0.4 is 4.74 Å². The molecule has 1 aromatic carbocycles. The lowest BCUT2D eigenvalue weighted by Crippen LogP contribution is -2.04. The second kappa shape index (κ2) is 6.92. The molecule has 0 saturated carbocycles. The van der Waals surface area contributed by atoms with Crippen molar-refractivity contribution in [3.63, 3.8) is 0 Å². The van der Waals surface area contributed by atoms with Crippen LogP contribution in [-0.2, 0) is 0 Å². The van der Waals surface area contributed by atoms with E-state index in [4.69, 9.17) is 14.9 Å². The number of methoxy groups -OCH3 is 1. The van der Waals surface area contributed by atoms with E-state index >= 15 is 0 Å². The molecule has 1 aromatic rings. The molecule has 7 heteroatoms. The number of carboxylic acids is 2. The summed E-state index contributed by atoms with van der Waals surface area (Å²) in [4.78, 5) is 21.2. The average Bonchev–Trinajstić information content (AvgIpc) is 2.16. The number of benzene rings is 1. The normalized spacial score (nSPS) is 8.31. The number of carboxylic acid groups (broad SMARTS) is 2. The molecular formula is C9H10Cl2O5. The minimum absolute atomic E-state index is 0. The molecule has 0 amide bonds. The SMILES string of the molecule is COc1ccc(C(=O)O)cc1C(=O)O.Cl.Cl. The lowest BCUT2D eigenvalue weighted by molar-refractivity contribution is 0.0693. The van der Waals surface area contributed by atoms with Crippen LogP contribution in [0.2, 0.25) is 0 Å². The van der Waals surface area contributed by atoms with Crippen LogP contribution in [0, 0.1) is 0 Å². The number of carbonyl (C=O) groups is 2. The number of hydrogen-bond donors (Lipinski definition) is 2. The van der Waals surface area contributed by atoms with Crippen LogP contribution >= 0.6 is 24.8 Å². The Bertz CT molecular complexity index is 391. The third-order valence-electron chi connectivity index (χ3n) is 1.68. The number of halogens is 2. The maximum absolute atomic E-state index is 10.7. The summed E-state index contributed by atoms with van der Waals surface area (Å²) in [5, 5.41) is 17.4. The van der Waals surface area contributed by atoms with Gasteiger partial charge in [0.2, 0.25) is 0 Å². The Morgan fingerprint density at radius 1 is 1.12 bits per heavy atom. The number of ether oxygens (including phenoxy) is 1. The Morgan fingerprint density at radius 2 is 1.69 bits per heavy atom. The first-order chi connectivity index (χ1) is 6.56. The predicted molar refractivity (Wildman–Crippen MR) is 61.4 cm³/mol. The van der Waals surface area contributed by atoms with Crippen LogP contribution in [0.3, 0.4) is 0 Å². The number of hydrogen-bond acceptors (Lipinski definition) is 3.